The Bertz CT molecular complexity index is 554. The van der Waals surface area contributed by atoms with Crippen molar-refractivity contribution < 1.29 is 4.79 Å². The highest BCUT2D eigenvalue weighted by Gasteiger charge is 2.23. The number of nitrogens with zero attached hydrogens (tertiary/aromatic N) is 4. The van der Waals surface area contributed by atoms with E-state index in [0.29, 0.717) is 5.91 Å². The molecule has 2 aliphatic heterocycles. The summed E-state index contributed by atoms with van der Waals surface area (Å²) in [4.78, 5) is 16.8. The molecule has 0 atom stereocenters. The molecular formula is C20H34N4O. The van der Waals surface area contributed by atoms with E-state index < -0.39 is 0 Å². The molecular weight excluding hydrogens is 312 g/mol. The van der Waals surface area contributed by atoms with E-state index in [9.17, 15) is 4.79 Å². The number of amides is 1. The van der Waals surface area contributed by atoms with E-state index in [1.807, 2.05) is 0 Å². The first-order chi connectivity index (χ1) is 12.2. The molecule has 0 aliphatic carbocycles. The lowest BCUT2D eigenvalue weighted by molar-refractivity contribution is -0.130. The van der Waals surface area contributed by atoms with Crippen LogP contribution in [-0.2, 0) is 17.9 Å². The summed E-state index contributed by atoms with van der Waals surface area (Å²) in [5.74, 6) is 1.12. The molecule has 1 aromatic heterocycles. The molecule has 3 rings (SSSR count). The van der Waals surface area contributed by atoms with Gasteiger partial charge in [-0.2, -0.15) is 5.10 Å². The van der Waals surface area contributed by atoms with E-state index in [1.54, 1.807) is 0 Å². The summed E-state index contributed by atoms with van der Waals surface area (Å²) in [5, 5.41) is 4.62. The van der Waals surface area contributed by atoms with E-state index in [1.165, 1.54) is 36.9 Å². The van der Waals surface area contributed by atoms with E-state index in [2.05, 4.69) is 39.6 Å². The topological polar surface area (TPSA) is 41.4 Å². The number of hydrogen-bond acceptors (Lipinski definition) is 3. The third-order valence-electron chi connectivity index (χ3n) is 5.83. The van der Waals surface area contributed by atoms with E-state index in [0.717, 1.165) is 64.4 Å². The molecule has 0 spiro atoms. The Labute approximate surface area is 152 Å². The average molecular weight is 347 g/mol. The SMILES string of the molecule is CCCn1cc(CN2CCC(CCC(=O)N3CCCC3)CC2)c(C)n1. The Morgan fingerprint density at radius 3 is 2.60 bits per heavy atom. The average Bonchev–Trinajstić information content (AvgIpc) is 3.25. The molecule has 5 heteroatoms. The van der Waals surface area contributed by atoms with Crippen LogP contribution < -0.4 is 0 Å². The fourth-order valence-corrected chi connectivity index (χ4v) is 4.18. The summed E-state index contributed by atoms with van der Waals surface area (Å²) >= 11 is 0. The monoisotopic (exact) mass is 346 g/mol. The summed E-state index contributed by atoms with van der Waals surface area (Å²) in [7, 11) is 0. The van der Waals surface area contributed by atoms with Gasteiger partial charge in [0.05, 0.1) is 5.69 Å². The molecule has 0 unspecified atom stereocenters. The molecule has 3 heterocycles. The van der Waals surface area contributed by atoms with Gasteiger partial charge < -0.3 is 4.90 Å². The highest BCUT2D eigenvalue weighted by Crippen LogP contribution is 2.24. The van der Waals surface area contributed by atoms with Crippen LogP contribution in [0.1, 0.15) is 63.1 Å². The molecule has 25 heavy (non-hydrogen) atoms. The third-order valence-corrected chi connectivity index (χ3v) is 5.83. The number of rotatable bonds is 7. The lowest BCUT2D eigenvalue weighted by Crippen LogP contribution is -2.34. The first-order valence-corrected chi connectivity index (χ1v) is 10.2. The van der Waals surface area contributed by atoms with Gasteiger partial charge in [0.2, 0.25) is 5.91 Å². The zero-order valence-electron chi connectivity index (χ0n) is 16.0. The Kier molecular flexibility index (Phi) is 6.51. The van der Waals surface area contributed by atoms with Crippen molar-refractivity contribution >= 4 is 5.91 Å². The zero-order chi connectivity index (χ0) is 17.6. The number of hydrogen-bond donors (Lipinski definition) is 0. The summed E-state index contributed by atoms with van der Waals surface area (Å²) in [6.45, 7) is 10.6. The van der Waals surface area contributed by atoms with Crippen molar-refractivity contribution in [3.63, 3.8) is 0 Å². The van der Waals surface area contributed by atoms with Gasteiger partial charge in [0.15, 0.2) is 0 Å². The molecule has 1 aromatic rings. The maximum atomic E-state index is 12.2. The summed E-state index contributed by atoms with van der Waals surface area (Å²) in [5.41, 5.74) is 2.54. The summed E-state index contributed by atoms with van der Waals surface area (Å²) in [6, 6.07) is 0. The minimum Gasteiger partial charge on any atom is -0.343 e. The first-order valence-electron chi connectivity index (χ1n) is 10.2. The molecule has 1 amide bonds. The van der Waals surface area contributed by atoms with Crippen LogP contribution in [0.2, 0.25) is 0 Å². The van der Waals surface area contributed by atoms with Gasteiger partial charge >= 0.3 is 0 Å². The van der Waals surface area contributed by atoms with E-state index in [4.69, 9.17) is 0 Å². The Morgan fingerprint density at radius 2 is 1.92 bits per heavy atom. The van der Waals surface area contributed by atoms with Gasteiger partial charge in [0, 0.05) is 44.4 Å². The number of aromatic nitrogens is 2. The molecule has 5 nitrogen and oxygen atoms in total. The summed E-state index contributed by atoms with van der Waals surface area (Å²) < 4.78 is 2.08. The molecule has 0 saturated carbocycles. The van der Waals surface area contributed by atoms with Crippen molar-refractivity contribution in [1.29, 1.82) is 0 Å². The maximum Gasteiger partial charge on any atom is 0.222 e. The molecule has 0 bridgehead atoms. The van der Waals surface area contributed by atoms with Crippen LogP contribution in [0, 0.1) is 12.8 Å². The minimum absolute atomic E-state index is 0.388. The Hall–Kier alpha value is -1.36. The molecule has 2 fully saturated rings. The first kappa shape index (κ1) is 18.4. The number of aryl methyl sites for hydroxylation is 2. The molecule has 0 radical (unpaired) electrons. The van der Waals surface area contributed by atoms with Gasteiger partial charge in [-0.1, -0.05) is 6.92 Å². The lowest BCUT2D eigenvalue weighted by atomic mass is 9.91. The normalized spacial score (nSPS) is 19.7. The second-order valence-corrected chi connectivity index (χ2v) is 7.85. The third kappa shape index (κ3) is 5.06. The lowest BCUT2D eigenvalue weighted by Gasteiger charge is -2.32. The molecule has 140 valence electrons. The van der Waals surface area contributed by atoms with Gasteiger partial charge in [-0.05, 0) is 64.5 Å². The van der Waals surface area contributed by atoms with Crippen LogP contribution in [0.15, 0.2) is 6.20 Å². The largest absolute Gasteiger partial charge is 0.343 e. The second-order valence-electron chi connectivity index (χ2n) is 7.85. The standard InChI is InChI=1S/C20H34N4O/c1-3-10-24-16-19(17(2)21-24)15-22-13-8-18(9-14-22)6-7-20(25)23-11-4-5-12-23/h16,18H,3-15H2,1-2H3. The predicted octanol–water partition coefficient (Wildman–Crippen LogP) is 3.22. The van der Waals surface area contributed by atoms with Crippen LogP contribution in [0.4, 0.5) is 0 Å². The Balaban J connectivity index is 1.39. The van der Waals surface area contributed by atoms with Crippen LogP contribution in [0.5, 0.6) is 0 Å². The van der Waals surface area contributed by atoms with Crippen molar-refractivity contribution in [2.24, 2.45) is 5.92 Å². The zero-order valence-corrected chi connectivity index (χ0v) is 16.0. The second kappa shape index (κ2) is 8.84. The van der Waals surface area contributed by atoms with Crippen LogP contribution in [0.3, 0.4) is 0 Å². The van der Waals surface area contributed by atoms with Crippen molar-refractivity contribution in [3.8, 4) is 0 Å². The van der Waals surface area contributed by atoms with Crippen molar-refractivity contribution in [3.05, 3.63) is 17.5 Å². The van der Waals surface area contributed by atoms with Gasteiger partial charge in [-0.3, -0.25) is 14.4 Å². The minimum atomic E-state index is 0.388. The van der Waals surface area contributed by atoms with Crippen LogP contribution in [-0.4, -0.2) is 51.7 Å². The maximum absolute atomic E-state index is 12.2. The van der Waals surface area contributed by atoms with Gasteiger partial charge in [0.1, 0.15) is 0 Å². The fraction of sp³-hybridized carbons (Fsp3) is 0.800. The van der Waals surface area contributed by atoms with E-state index in [-0.39, 0.29) is 0 Å². The van der Waals surface area contributed by atoms with Crippen molar-refractivity contribution in [1.82, 2.24) is 19.6 Å². The van der Waals surface area contributed by atoms with Crippen molar-refractivity contribution in [2.45, 2.75) is 71.9 Å². The summed E-state index contributed by atoms with van der Waals surface area (Å²) in [6.07, 6.45) is 10.0. The van der Waals surface area contributed by atoms with Gasteiger partial charge in [0.25, 0.3) is 0 Å². The quantitative estimate of drug-likeness (QED) is 0.761. The van der Waals surface area contributed by atoms with Gasteiger partial charge in [-0.25, -0.2) is 0 Å². The number of piperidine rings is 1. The number of carbonyl (C=O) groups is 1. The van der Waals surface area contributed by atoms with E-state index >= 15 is 0 Å². The fourth-order valence-electron chi connectivity index (χ4n) is 4.18. The highest BCUT2D eigenvalue weighted by atomic mass is 16.2. The Morgan fingerprint density at radius 1 is 1.20 bits per heavy atom. The molecule has 0 N–H and O–H groups in total. The van der Waals surface area contributed by atoms with Crippen LogP contribution >= 0.6 is 0 Å². The van der Waals surface area contributed by atoms with Crippen molar-refractivity contribution in [2.75, 3.05) is 26.2 Å². The highest BCUT2D eigenvalue weighted by molar-refractivity contribution is 5.76. The number of likely N-dealkylation sites (tertiary alicyclic amines) is 2. The van der Waals surface area contributed by atoms with Crippen LogP contribution in [0.25, 0.3) is 0 Å². The molecule has 0 aromatic carbocycles. The predicted molar refractivity (Wildman–Crippen MR) is 100 cm³/mol. The van der Waals surface area contributed by atoms with Gasteiger partial charge in [-0.15, -0.1) is 0 Å². The smallest absolute Gasteiger partial charge is 0.222 e. The number of carbonyl (C=O) groups excluding carboxylic acids is 1. The molecule has 2 saturated heterocycles. The molecule has 2 aliphatic rings.